The van der Waals surface area contributed by atoms with Crippen LogP contribution in [-0.2, 0) is 4.74 Å². The molecular formula is C17H21NO3. The predicted molar refractivity (Wildman–Crippen MR) is 85.7 cm³/mol. The lowest BCUT2D eigenvalue weighted by Gasteiger charge is -2.08. The number of aromatic hydroxyl groups is 1. The summed E-state index contributed by atoms with van der Waals surface area (Å²) in [6.45, 7) is 4.86. The first kappa shape index (κ1) is 15.3. The zero-order valence-corrected chi connectivity index (χ0v) is 12.6. The third-order valence-electron chi connectivity index (χ3n) is 3.49. The van der Waals surface area contributed by atoms with Crippen LogP contribution in [0.25, 0.3) is 17.0 Å². The molecule has 0 spiro atoms. The lowest BCUT2D eigenvalue weighted by atomic mass is 10.0. The van der Waals surface area contributed by atoms with E-state index in [-0.39, 0.29) is 11.3 Å². The minimum absolute atomic E-state index is 0.0103. The number of hydrogen-bond donors (Lipinski definition) is 2. The van der Waals surface area contributed by atoms with Crippen LogP contribution in [0.3, 0.4) is 0 Å². The first-order chi connectivity index (χ1) is 10.0. The lowest BCUT2D eigenvalue weighted by Crippen LogP contribution is -2.03. The van der Waals surface area contributed by atoms with E-state index in [0.717, 1.165) is 24.2 Å². The molecule has 1 aromatic heterocycles. The molecule has 112 valence electrons. The maximum absolute atomic E-state index is 11.4. The van der Waals surface area contributed by atoms with E-state index in [1.54, 1.807) is 7.11 Å². The number of nitrogens with one attached hydrogen (secondary N) is 1. The Bertz CT molecular complexity index is 716. The molecule has 0 aliphatic carbocycles. The zero-order valence-electron chi connectivity index (χ0n) is 12.6. The van der Waals surface area contributed by atoms with Crippen molar-refractivity contribution < 1.29 is 9.84 Å². The molecule has 1 atom stereocenters. The maximum Gasteiger partial charge on any atom is 0.252 e. The van der Waals surface area contributed by atoms with Gasteiger partial charge < -0.3 is 14.8 Å². The minimum atomic E-state index is -0.295. The minimum Gasteiger partial charge on any atom is -0.507 e. The van der Waals surface area contributed by atoms with Gasteiger partial charge in [0.1, 0.15) is 5.75 Å². The first-order valence-electron chi connectivity index (χ1n) is 7.03. The summed E-state index contributed by atoms with van der Waals surface area (Å²) in [5, 5.41) is 10.5. The number of hydrogen-bond acceptors (Lipinski definition) is 3. The van der Waals surface area contributed by atoms with E-state index in [9.17, 15) is 9.90 Å². The van der Waals surface area contributed by atoms with Gasteiger partial charge in [0.05, 0.1) is 5.52 Å². The number of ether oxygens (including phenoxy) is 1. The van der Waals surface area contributed by atoms with Gasteiger partial charge in [-0.1, -0.05) is 19.1 Å². The summed E-state index contributed by atoms with van der Waals surface area (Å²) in [7, 11) is 1.71. The standard InChI is InChI=1S/C17H21NO3/c1-11(10-21-3)5-4-6-13-8-14-15(7-12(13)2)18-17(20)9-16(14)19/h4,6-9,11H,5,10H2,1-3H3,(H2,18,19,20)/b6-4+. The van der Waals surface area contributed by atoms with Crippen molar-refractivity contribution in [1.29, 1.82) is 0 Å². The Hall–Kier alpha value is -2.07. The fourth-order valence-corrected chi connectivity index (χ4v) is 2.37. The van der Waals surface area contributed by atoms with Crippen LogP contribution in [0, 0.1) is 12.8 Å². The summed E-state index contributed by atoms with van der Waals surface area (Å²) in [5.41, 5.74) is 2.45. The lowest BCUT2D eigenvalue weighted by molar-refractivity contribution is 0.161. The molecule has 0 fully saturated rings. The van der Waals surface area contributed by atoms with Gasteiger partial charge in [-0.05, 0) is 42.5 Å². The Kier molecular flexibility index (Phi) is 4.81. The number of aromatic nitrogens is 1. The third kappa shape index (κ3) is 3.73. The third-order valence-corrected chi connectivity index (χ3v) is 3.49. The Morgan fingerprint density at radius 3 is 2.86 bits per heavy atom. The fraction of sp³-hybridized carbons (Fsp3) is 0.353. The maximum atomic E-state index is 11.4. The highest BCUT2D eigenvalue weighted by Crippen LogP contribution is 2.25. The van der Waals surface area contributed by atoms with Gasteiger partial charge in [0.25, 0.3) is 5.56 Å². The van der Waals surface area contributed by atoms with Gasteiger partial charge in [-0.25, -0.2) is 0 Å². The quantitative estimate of drug-likeness (QED) is 0.887. The summed E-state index contributed by atoms with van der Waals surface area (Å²) in [4.78, 5) is 14.1. The molecule has 2 N–H and O–H groups in total. The molecule has 4 heteroatoms. The second-order valence-electron chi connectivity index (χ2n) is 5.47. The van der Waals surface area contributed by atoms with E-state index in [0.29, 0.717) is 16.8 Å². The van der Waals surface area contributed by atoms with Crippen molar-refractivity contribution in [3.63, 3.8) is 0 Å². The van der Waals surface area contributed by atoms with Crippen molar-refractivity contribution >= 4 is 17.0 Å². The number of allylic oxidation sites excluding steroid dienone is 1. The van der Waals surface area contributed by atoms with Crippen LogP contribution in [0.4, 0.5) is 0 Å². The molecule has 4 nitrogen and oxygen atoms in total. The molecule has 0 amide bonds. The van der Waals surface area contributed by atoms with Gasteiger partial charge in [0.15, 0.2) is 0 Å². The van der Waals surface area contributed by atoms with Crippen molar-refractivity contribution in [2.75, 3.05) is 13.7 Å². The van der Waals surface area contributed by atoms with Gasteiger partial charge in [-0.3, -0.25) is 4.79 Å². The Labute approximate surface area is 124 Å². The summed E-state index contributed by atoms with van der Waals surface area (Å²) in [5.74, 6) is 0.480. The second kappa shape index (κ2) is 6.59. The second-order valence-corrected chi connectivity index (χ2v) is 5.47. The van der Waals surface area contributed by atoms with Crippen LogP contribution in [-0.4, -0.2) is 23.8 Å². The molecule has 0 aliphatic heterocycles. The van der Waals surface area contributed by atoms with Crippen molar-refractivity contribution in [2.24, 2.45) is 5.92 Å². The molecule has 0 saturated carbocycles. The van der Waals surface area contributed by atoms with Crippen LogP contribution in [0.2, 0.25) is 0 Å². The molecule has 2 rings (SSSR count). The Morgan fingerprint density at radius 2 is 2.14 bits per heavy atom. The Balaban J connectivity index is 2.30. The number of rotatable bonds is 5. The van der Waals surface area contributed by atoms with Gasteiger partial charge in [-0.15, -0.1) is 0 Å². The molecule has 21 heavy (non-hydrogen) atoms. The van der Waals surface area contributed by atoms with Crippen LogP contribution < -0.4 is 5.56 Å². The number of fused-ring (bicyclic) bond motifs is 1. The van der Waals surface area contributed by atoms with Crippen molar-refractivity contribution in [3.8, 4) is 5.75 Å². The van der Waals surface area contributed by atoms with Crippen LogP contribution in [0.15, 0.2) is 29.1 Å². The predicted octanol–water partition coefficient (Wildman–Crippen LogP) is 3.23. The number of H-pyrrole nitrogens is 1. The monoisotopic (exact) mass is 287 g/mol. The van der Waals surface area contributed by atoms with Crippen LogP contribution in [0.5, 0.6) is 5.75 Å². The molecule has 1 aromatic carbocycles. The van der Waals surface area contributed by atoms with Gasteiger partial charge in [0.2, 0.25) is 0 Å². The molecule has 0 bridgehead atoms. The summed E-state index contributed by atoms with van der Waals surface area (Å²) in [6, 6.07) is 4.98. The van der Waals surface area contributed by atoms with E-state index in [1.807, 2.05) is 25.1 Å². The molecular weight excluding hydrogens is 266 g/mol. The molecule has 0 saturated heterocycles. The van der Waals surface area contributed by atoms with E-state index in [2.05, 4.69) is 18.0 Å². The zero-order chi connectivity index (χ0) is 15.4. The van der Waals surface area contributed by atoms with Crippen LogP contribution >= 0.6 is 0 Å². The molecule has 1 heterocycles. The summed E-state index contributed by atoms with van der Waals surface area (Å²) in [6.07, 6.45) is 5.09. The van der Waals surface area contributed by atoms with Crippen molar-refractivity contribution in [1.82, 2.24) is 4.98 Å². The molecule has 0 aliphatic rings. The van der Waals surface area contributed by atoms with Crippen LogP contribution in [0.1, 0.15) is 24.5 Å². The molecule has 2 aromatic rings. The van der Waals surface area contributed by atoms with Gasteiger partial charge in [0, 0.05) is 25.2 Å². The van der Waals surface area contributed by atoms with E-state index in [1.165, 1.54) is 6.07 Å². The number of pyridine rings is 1. The summed E-state index contributed by atoms with van der Waals surface area (Å²) < 4.78 is 5.11. The number of benzene rings is 1. The Morgan fingerprint density at radius 1 is 1.38 bits per heavy atom. The van der Waals surface area contributed by atoms with E-state index in [4.69, 9.17) is 4.74 Å². The van der Waals surface area contributed by atoms with Crippen molar-refractivity contribution in [2.45, 2.75) is 20.3 Å². The average Bonchev–Trinajstić information content (AvgIpc) is 2.40. The highest BCUT2D eigenvalue weighted by molar-refractivity contribution is 5.87. The topological polar surface area (TPSA) is 62.3 Å². The van der Waals surface area contributed by atoms with Crippen molar-refractivity contribution in [3.05, 3.63) is 45.8 Å². The number of aromatic amines is 1. The highest BCUT2D eigenvalue weighted by Gasteiger charge is 2.05. The van der Waals surface area contributed by atoms with Gasteiger partial charge >= 0.3 is 0 Å². The number of aryl methyl sites for hydroxylation is 1. The number of methoxy groups -OCH3 is 1. The molecule has 1 unspecified atom stereocenters. The normalized spacial score (nSPS) is 13.1. The highest BCUT2D eigenvalue weighted by atomic mass is 16.5. The molecule has 0 radical (unpaired) electrons. The fourth-order valence-electron chi connectivity index (χ4n) is 2.37. The van der Waals surface area contributed by atoms with E-state index >= 15 is 0 Å². The average molecular weight is 287 g/mol. The SMILES string of the molecule is COCC(C)C/C=C/c1cc2c(O)cc(=O)[nH]c2cc1C. The van der Waals surface area contributed by atoms with Gasteiger partial charge in [-0.2, -0.15) is 0 Å². The first-order valence-corrected chi connectivity index (χ1v) is 7.03. The smallest absolute Gasteiger partial charge is 0.252 e. The van der Waals surface area contributed by atoms with E-state index < -0.39 is 0 Å². The largest absolute Gasteiger partial charge is 0.507 e. The summed E-state index contributed by atoms with van der Waals surface area (Å²) >= 11 is 0.